The molecule has 0 aliphatic heterocycles. The van der Waals surface area contributed by atoms with Crippen molar-refractivity contribution in [3.8, 4) is 11.8 Å². The van der Waals surface area contributed by atoms with E-state index in [1.54, 1.807) is 38.1 Å². The summed E-state index contributed by atoms with van der Waals surface area (Å²) in [6.07, 6.45) is 0. The largest absolute Gasteiger partial charge is 0.492 e. The minimum atomic E-state index is -1.02. The van der Waals surface area contributed by atoms with Crippen LogP contribution >= 0.6 is 11.6 Å². The standard InChI is InChI=1S/C13H15ClN2O2/c1-9(7-15)13(2,12(16)17)8-18-11-5-3-10(14)4-6-11/h3-6,9H,8H2,1-2H3,(H2,16,17). The predicted molar refractivity (Wildman–Crippen MR) is 69.0 cm³/mol. The van der Waals surface area contributed by atoms with Crippen LogP contribution in [0.15, 0.2) is 24.3 Å². The normalized spacial score (nSPS) is 15.2. The summed E-state index contributed by atoms with van der Waals surface area (Å²) >= 11 is 5.75. The number of hydrogen-bond acceptors (Lipinski definition) is 3. The number of primary amides is 1. The van der Waals surface area contributed by atoms with Crippen LogP contribution in [0.3, 0.4) is 0 Å². The van der Waals surface area contributed by atoms with Crippen LogP contribution in [0, 0.1) is 22.7 Å². The maximum Gasteiger partial charge on any atom is 0.228 e. The summed E-state index contributed by atoms with van der Waals surface area (Å²) in [6, 6.07) is 8.79. The second-order valence-corrected chi connectivity index (χ2v) is 4.81. The van der Waals surface area contributed by atoms with Crippen LogP contribution in [0.25, 0.3) is 0 Å². The summed E-state index contributed by atoms with van der Waals surface area (Å²) in [5.74, 6) is -0.496. The monoisotopic (exact) mass is 266 g/mol. The molecule has 1 amide bonds. The van der Waals surface area contributed by atoms with Crippen molar-refractivity contribution in [1.29, 1.82) is 5.26 Å². The molecular weight excluding hydrogens is 252 g/mol. The highest BCUT2D eigenvalue weighted by Gasteiger charge is 2.38. The Morgan fingerprint density at radius 2 is 2.11 bits per heavy atom. The molecule has 0 fully saturated rings. The predicted octanol–water partition coefficient (Wildman–Crippen LogP) is 2.37. The zero-order valence-corrected chi connectivity index (χ0v) is 11.1. The molecular formula is C13H15ClN2O2. The fraction of sp³-hybridized carbons (Fsp3) is 0.385. The molecule has 1 aromatic carbocycles. The van der Waals surface area contributed by atoms with E-state index in [9.17, 15) is 4.79 Å². The van der Waals surface area contributed by atoms with E-state index in [0.717, 1.165) is 0 Å². The fourth-order valence-electron chi connectivity index (χ4n) is 1.32. The van der Waals surface area contributed by atoms with Gasteiger partial charge in [0, 0.05) is 5.02 Å². The van der Waals surface area contributed by atoms with Gasteiger partial charge in [0.1, 0.15) is 12.4 Å². The molecule has 2 unspecified atom stereocenters. The van der Waals surface area contributed by atoms with Gasteiger partial charge in [0.05, 0.1) is 17.4 Å². The molecule has 0 saturated heterocycles. The molecule has 0 saturated carbocycles. The average molecular weight is 267 g/mol. The maximum absolute atomic E-state index is 11.5. The van der Waals surface area contributed by atoms with E-state index in [1.807, 2.05) is 6.07 Å². The molecule has 0 aromatic heterocycles. The topological polar surface area (TPSA) is 76.1 Å². The molecule has 0 spiro atoms. The number of amides is 1. The van der Waals surface area contributed by atoms with Gasteiger partial charge in [-0.1, -0.05) is 11.6 Å². The Morgan fingerprint density at radius 1 is 1.56 bits per heavy atom. The molecule has 18 heavy (non-hydrogen) atoms. The third kappa shape index (κ3) is 3.14. The molecule has 0 aliphatic carbocycles. The van der Waals surface area contributed by atoms with Crippen molar-refractivity contribution < 1.29 is 9.53 Å². The molecule has 96 valence electrons. The van der Waals surface area contributed by atoms with E-state index in [4.69, 9.17) is 27.3 Å². The van der Waals surface area contributed by atoms with Crippen LogP contribution in [0.4, 0.5) is 0 Å². The molecule has 0 bridgehead atoms. The zero-order chi connectivity index (χ0) is 13.8. The van der Waals surface area contributed by atoms with Gasteiger partial charge in [0.2, 0.25) is 5.91 Å². The minimum absolute atomic E-state index is 0.0543. The first kappa shape index (κ1) is 14.3. The summed E-state index contributed by atoms with van der Waals surface area (Å²) in [6.45, 7) is 3.33. The smallest absolute Gasteiger partial charge is 0.228 e. The molecule has 0 aliphatic rings. The first-order valence-electron chi connectivity index (χ1n) is 5.48. The SMILES string of the molecule is CC(C#N)C(C)(COc1ccc(Cl)cc1)C(N)=O. The minimum Gasteiger partial charge on any atom is -0.492 e. The van der Waals surface area contributed by atoms with Gasteiger partial charge >= 0.3 is 0 Å². The molecule has 0 heterocycles. The van der Waals surface area contributed by atoms with Crippen LogP contribution in [0.1, 0.15) is 13.8 Å². The highest BCUT2D eigenvalue weighted by molar-refractivity contribution is 6.30. The van der Waals surface area contributed by atoms with Crippen LogP contribution in [0.2, 0.25) is 5.02 Å². The van der Waals surface area contributed by atoms with Gasteiger partial charge in [0.25, 0.3) is 0 Å². The van der Waals surface area contributed by atoms with Crippen molar-refractivity contribution in [1.82, 2.24) is 0 Å². The number of nitrogens with two attached hydrogens (primary N) is 1. The highest BCUT2D eigenvalue weighted by Crippen LogP contribution is 2.28. The van der Waals surface area contributed by atoms with Crippen LogP contribution in [0.5, 0.6) is 5.75 Å². The Hall–Kier alpha value is -1.73. The van der Waals surface area contributed by atoms with Crippen molar-refractivity contribution >= 4 is 17.5 Å². The van der Waals surface area contributed by atoms with Crippen molar-refractivity contribution in [3.05, 3.63) is 29.3 Å². The number of nitrogens with zero attached hydrogens (tertiary/aromatic N) is 1. The Labute approximate surface area is 111 Å². The summed E-state index contributed by atoms with van der Waals surface area (Å²) in [5, 5.41) is 9.52. The lowest BCUT2D eigenvalue weighted by molar-refractivity contribution is -0.130. The average Bonchev–Trinajstić information content (AvgIpc) is 2.36. The van der Waals surface area contributed by atoms with E-state index in [-0.39, 0.29) is 6.61 Å². The second-order valence-electron chi connectivity index (χ2n) is 4.38. The number of benzene rings is 1. The number of halogens is 1. The van der Waals surface area contributed by atoms with Gasteiger partial charge in [-0.2, -0.15) is 5.26 Å². The van der Waals surface area contributed by atoms with E-state index < -0.39 is 17.2 Å². The van der Waals surface area contributed by atoms with Gasteiger partial charge in [-0.25, -0.2) is 0 Å². The Morgan fingerprint density at radius 3 is 2.56 bits per heavy atom. The van der Waals surface area contributed by atoms with E-state index in [1.165, 1.54) is 0 Å². The molecule has 2 N–H and O–H groups in total. The van der Waals surface area contributed by atoms with Crippen molar-refractivity contribution in [2.45, 2.75) is 13.8 Å². The van der Waals surface area contributed by atoms with Gasteiger partial charge < -0.3 is 10.5 Å². The van der Waals surface area contributed by atoms with E-state index in [0.29, 0.717) is 10.8 Å². The Balaban J connectivity index is 2.78. The number of ether oxygens (including phenoxy) is 1. The van der Waals surface area contributed by atoms with Crippen LogP contribution in [-0.4, -0.2) is 12.5 Å². The van der Waals surface area contributed by atoms with Crippen LogP contribution < -0.4 is 10.5 Å². The molecule has 0 radical (unpaired) electrons. The molecule has 1 aromatic rings. The first-order valence-corrected chi connectivity index (χ1v) is 5.86. The summed E-state index contributed by atoms with van der Waals surface area (Å²) < 4.78 is 5.50. The van der Waals surface area contributed by atoms with Gasteiger partial charge in [0.15, 0.2) is 0 Å². The summed E-state index contributed by atoms with van der Waals surface area (Å²) in [4.78, 5) is 11.5. The lowest BCUT2D eigenvalue weighted by Gasteiger charge is -2.28. The Bertz CT molecular complexity index is 467. The van der Waals surface area contributed by atoms with Gasteiger partial charge in [-0.3, -0.25) is 4.79 Å². The maximum atomic E-state index is 11.5. The quantitative estimate of drug-likeness (QED) is 0.889. The number of hydrogen-bond donors (Lipinski definition) is 1. The third-order valence-electron chi connectivity index (χ3n) is 3.06. The number of carbonyl (C=O) groups excluding carboxylic acids is 1. The van der Waals surface area contributed by atoms with E-state index in [2.05, 4.69) is 0 Å². The molecule has 5 heteroatoms. The molecule has 1 rings (SSSR count). The molecule has 2 atom stereocenters. The highest BCUT2D eigenvalue weighted by atomic mass is 35.5. The fourth-order valence-corrected chi connectivity index (χ4v) is 1.44. The van der Waals surface area contributed by atoms with Crippen molar-refractivity contribution in [3.63, 3.8) is 0 Å². The summed E-state index contributed by atoms with van der Waals surface area (Å²) in [7, 11) is 0. The number of rotatable bonds is 5. The third-order valence-corrected chi connectivity index (χ3v) is 3.32. The van der Waals surface area contributed by atoms with Gasteiger partial charge in [-0.15, -0.1) is 0 Å². The molecule has 4 nitrogen and oxygen atoms in total. The first-order chi connectivity index (χ1) is 8.40. The summed E-state index contributed by atoms with van der Waals surface area (Å²) in [5.41, 5.74) is 4.33. The lowest BCUT2D eigenvalue weighted by Crippen LogP contribution is -2.44. The number of carbonyl (C=O) groups is 1. The van der Waals surface area contributed by atoms with Crippen molar-refractivity contribution in [2.75, 3.05) is 6.61 Å². The van der Waals surface area contributed by atoms with Gasteiger partial charge in [-0.05, 0) is 38.1 Å². The van der Waals surface area contributed by atoms with Crippen molar-refractivity contribution in [2.24, 2.45) is 17.1 Å². The van der Waals surface area contributed by atoms with Crippen LogP contribution in [-0.2, 0) is 4.79 Å². The Kier molecular flexibility index (Phi) is 4.57. The lowest BCUT2D eigenvalue weighted by atomic mass is 9.79. The second kappa shape index (κ2) is 5.74. The number of nitriles is 1. The van der Waals surface area contributed by atoms with E-state index >= 15 is 0 Å². The zero-order valence-electron chi connectivity index (χ0n) is 10.3.